The summed E-state index contributed by atoms with van der Waals surface area (Å²) in [6.45, 7) is 1.44. The van der Waals surface area contributed by atoms with Crippen molar-refractivity contribution < 1.29 is 15.0 Å². The van der Waals surface area contributed by atoms with Gasteiger partial charge in [0.25, 0.3) is 0 Å². The number of hydrogen-bond donors (Lipinski definition) is 2. The van der Waals surface area contributed by atoms with E-state index in [0.29, 0.717) is 25.2 Å². The number of hydrogen-bond acceptors (Lipinski definition) is 3. The fraction of sp³-hybridized carbons (Fsp3) is 0.556. The molecule has 0 spiro atoms. The molecule has 0 aliphatic carbocycles. The largest absolute Gasteiger partial charge is 0.465 e. The van der Waals surface area contributed by atoms with Gasteiger partial charge < -0.3 is 15.1 Å². The van der Waals surface area contributed by atoms with E-state index in [-0.39, 0.29) is 6.61 Å². The summed E-state index contributed by atoms with van der Waals surface area (Å²) in [6.07, 6.45) is 1.43. The second kappa shape index (κ2) is 3.90. The van der Waals surface area contributed by atoms with E-state index in [1.54, 1.807) is 10.9 Å². The lowest BCUT2D eigenvalue weighted by molar-refractivity contribution is 0.142. The highest BCUT2D eigenvalue weighted by Gasteiger charge is 2.20. The van der Waals surface area contributed by atoms with Gasteiger partial charge in [-0.3, -0.25) is 4.68 Å². The van der Waals surface area contributed by atoms with Crippen molar-refractivity contribution in [2.45, 2.75) is 26.1 Å². The maximum Gasteiger partial charge on any atom is 0.407 e. The van der Waals surface area contributed by atoms with Gasteiger partial charge in [0.05, 0.1) is 25.0 Å². The predicted octanol–water partition coefficient (Wildman–Crippen LogP) is 0.259. The van der Waals surface area contributed by atoms with Crippen molar-refractivity contribution in [3.05, 3.63) is 17.5 Å². The summed E-state index contributed by atoms with van der Waals surface area (Å²) in [4.78, 5) is 12.2. The van der Waals surface area contributed by atoms with Crippen LogP contribution in [0.4, 0.5) is 4.79 Å². The van der Waals surface area contributed by atoms with Crippen LogP contribution < -0.4 is 0 Å². The SMILES string of the molecule is O=C(O)N1CCCn2ncc(CO)c2C1. The third-order valence-electron chi connectivity index (χ3n) is 2.61. The minimum absolute atomic E-state index is 0.0945. The third kappa shape index (κ3) is 1.80. The highest BCUT2D eigenvalue weighted by molar-refractivity contribution is 5.65. The van der Waals surface area contributed by atoms with Crippen LogP contribution in [0.5, 0.6) is 0 Å². The molecule has 0 saturated carbocycles. The average molecular weight is 211 g/mol. The molecule has 1 aliphatic heterocycles. The maximum atomic E-state index is 10.9. The van der Waals surface area contributed by atoms with Crippen LogP contribution in [0.15, 0.2) is 6.20 Å². The van der Waals surface area contributed by atoms with Crippen molar-refractivity contribution in [1.82, 2.24) is 14.7 Å². The number of amides is 1. The number of fused-ring (bicyclic) bond motifs is 1. The van der Waals surface area contributed by atoms with Crippen molar-refractivity contribution in [2.75, 3.05) is 6.54 Å². The lowest BCUT2D eigenvalue weighted by atomic mass is 10.2. The van der Waals surface area contributed by atoms with Crippen LogP contribution in [-0.2, 0) is 19.7 Å². The monoisotopic (exact) mass is 211 g/mol. The Morgan fingerprint density at radius 3 is 3.00 bits per heavy atom. The molecule has 1 aromatic heterocycles. The number of aromatic nitrogens is 2. The van der Waals surface area contributed by atoms with Crippen LogP contribution in [-0.4, -0.2) is 37.5 Å². The number of aliphatic hydroxyl groups excluding tert-OH is 1. The van der Waals surface area contributed by atoms with E-state index in [4.69, 9.17) is 10.2 Å². The normalized spacial score (nSPS) is 15.9. The van der Waals surface area contributed by atoms with Gasteiger partial charge in [-0.2, -0.15) is 5.10 Å². The summed E-state index contributed by atoms with van der Waals surface area (Å²) < 4.78 is 1.77. The van der Waals surface area contributed by atoms with Crippen LogP contribution in [0.1, 0.15) is 17.7 Å². The fourth-order valence-corrected chi connectivity index (χ4v) is 1.79. The van der Waals surface area contributed by atoms with E-state index in [0.717, 1.165) is 12.1 Å². The zero-order chi connectivity index (χ0) is 10.8. The minimum atomic E-state index is -0.923. The minimum Gasteiger partial charge on any atom is -0.465 e. The molecule has 82 valence electrons. The van der Waals surface area contributed by atoms with Gasteiger partial charge in [-0.1, -0.05) is 0 Å². The Morgan fingerprint density at radius 2 is 2.33 bits per heavy atom. The second-order valence-electron chi connectivity index (χ2n) is 3.56. The van der Waals surface area contributed by atoms with Gasteiger partial charge in [0, 0.05) is 18.7 Å². The molecule has 0 fully saturated rings. The molecule has 6 nitrogen and oxygen atoms in total. The fourth-order valence-electron chi connectivity index (χ4n) is 1.79. The molecule has 1 aliphatic rings. The van der Waals surface area contributed by atoms with Gasteiger partial charge in [-0.05, 0) is 6.42 Å². The molecular formula is C9H13N3O3. The molecule has 1 amide bonds. The first-order chi connectivity index (χ1) is 7.22. The Bertz CT molecular complexity index is 375. The van der Waals surface area contributed by atoms with Gasteiger partial charge in [-0.25, -0.2) is 4.79 Å². The van der Waals surface area contributed by atoms with E-state index < -0.39 is 6.09 Å². The molecule has 0 atom stereocenters. The summed E-state index contributed by atoms with van der Waals surface area (Å²) in [6, 6.07) is 0. The van der Waals surface area contributed by atoms with E-state index >= 15 is 0 Å². The molecule has 0 saturated heterocycles. The summed E-state index contributed by atoms with van der Waals surface area (Å²) in [7, 11) is 0. The second-order valence-corrected chi connectivity index (χ2v) is 3.56. The van der Waals surface area contributed by atoms with Gasteiger partial charge in [0.2, 0.25) is 0 Å². The Kier molecular flexibility index (Phi) is 2.59. The van der Waals surface area contributed by atoms with Gasteiger partial charge in [0.1, 0.15) is 0 Å². The highest BCUT2D eigenvalue weighted by Crippen LogP contribution is 2.16. The molecule has 1 aromatic rings. The maximum absolute atomic E-state index is 10.9. The van der Waals surface area contributed by atoms with Crippen LogP contribution in [0, 0.1) is 0 Å². The van der Waals surface area contributed by atoms with Crippen molar-refractivity contribution in [3.8, 4) is 0 Å². The number of rotatable bonds is 1. The van der Waals surface area contributed by atoms with Crippen molar-refractivity contribution in [1.29, 1.82) is 0 Å². The number of carboxylic acid groups (broad SMARTS) is 1. The van der Waals surface area contributed by atoms with Gasteiger partial charge in [-0.15, -0.1) is 0 Å². The summed E-state index contributed by atoms with van der Waals surface area (Å²) in [5.74, 6) is 0. The van der Waals surface area contributed by atoms with Crippen LogP contribution in [0.25, 0.3) is 0 Å². The molecular weight excluding hydrogens is 198 g/mol. The molecule has 6 heteroatoms. The first-order valence-corrected chi connectivity index (χ1v) is 4.84. The number of carbonyl (C=O) groups is 1. The standard InChI is InChI=1S/C9H13N3O3/c13-6-7-4-10-12-3-1-2-11(9(14)15)5-8(7)12/h4,13H,1-3,5-6H2,(H,14,15). The van der Waals surface area contributed by atoms with E-state index in [2.05, 4.69) is 5.10 Å². The number of aryl methyl sites for hydroxylation is 1. The van der Waals surface area contributed by atoms with E-state index in [1.165, 1.54) is 4.90 Å². The Hall–Kier alpha value is -1.56. The summed E-state index contributed by atoms with van der Waals surface area (Å²) >= 11 is 0. The topological polar surface area (TPSA) is 78.6 Å². The molecule has 2 N–H and O–H groups in total. The quantitative estimate of drug-likeness (QED) is 0.698. The van der Waals surface area contributed by atoms with Gasteiger partial charge >= 0.3 is 6.09 Å². The third-order valence-corrected chi connectivity index (χ3v) is 2.61. The van der Waals surface area contributed by atoms with Gasteiger partial charge in [0.15, 0.2) is 0 Å². The van der Waals surface area contributed by atoms with Crippen molar-refractivity contribution in [3.63, 3.8) is 0 Å². The number of aliphatic hydroxyl groups is 1. The summed E-state index contributed by atoms with van der Waals surface area (Å²) in [5, 5.41) is 22.1. The Morgan fingerprint density at radius 1 is 1.53 bits per heavy atom. The molecule has 15 heavy (non-hydrogen) atoms. The molecule has 0 bridgehead atoms. The number of nitrogens with zero attached hydrogens (tertiary/aromatic N) is 3. The summed E-state index contributed by atoms with van der Waals surface area (Å²) in [5.41, 5.74) is 1.51. The van der Waals surface area contributed by atoms with E-state index in [1.807, 2.05) is 0 Å². The highest BCUT2D eigenvalue weighted by atomic mass is 16.4. The Balaban J connectivity index is 2.29. The Labute approximate surface area is 86.7 Å². The molecule has 0 aromatic carbocycles. The molecule has 0 unspecified atom stereocenters. The first-order valence-electron chi connectivity index (χ1n) is 4.84. The zero-order valence-corrected chi connectivity index (χ0v) is 8.26. The van der Waals surface area contributed by atoms with Crippen LogP contribution >= 0.6 is 0 Å². The molecule has 2 heterocycles. The molecule has 0 radical (unpaired) electrons. The molecule has 2 rings (SSSR count). The van der Waals surface area contributed by atoms with Crippen LogP contribution in [0.2, 0.25) is 0 Å². The lowest BCUT2D eigenvalue weighted by Gasteiger charge is -2.15. The zero-order valence-electron chi connectivity index (χ0n) is 8.26. The predicted molar refractivity (Wildman–Crippen MR) is 51.2 cm³/mol. The van der Waals surface area contributed by atoms with E-state index in [9.17, 15) is 4.79 Å². The smallest absolute Gasteiger partial charge is 0.407 e. The van der Waals surface area contributed by atoms with Crippen molar-refractivity contribution >= 4 is 6.09 Å². The lowest BCUT2D eigenvalue weighted by Crippen LogP contribution is -2.29. The first kappa shape index (κ1) is 9.97. The van der Waals surface area contributed by atoms with Crippen molar-refractivity contribution in [2.24, 2.45) is 0 Å². The average Bonchev–Trinajstić information content (AvgIpc) is 2.46. The van der Waals surface area contributed by atoms with Crippen LogP contribution in [0.3, 0.4) is 0 Å².